The quantitative estimate of drug-likeness (QED) is 0.382. The van der Waals surface area contributed by atoms with E-state index in [1.807, 2.05) is 50.3 Å². The first-order valence-corrected chi connectivity index (χ1v) is 14.2. The number of anilines is 1. The number of ether oxygens (including phenoxy) is 2. The molecule has 5 rings (SSSR count). The highest BCUT2D eigenvalue weighted by atomic mass is 16.5. The maximum atomic E-state index is 14.0. The van der Waals surface area contributed by atoms with Gasteiger partial charge in [0.25, 0.3) is 0 Å². The van der Waals surface area contributed by atoms with Crippen molar-refractivity contribution in [2.75, 3.05) is 25.1 Å². The van der Waals surface area contributed by atoms with Crippen LogP contribution in [-0.2, 0) is 23.9 Å². The number of benzene rings is 1. The smallest absolute Gasteiger partial charge is 0.246 e. The lowest BCUT2D eigenvalue weighted by Crippen LogP contribution is -2.58. The van der Waals surface area contributed by atoms with Crippen molar-refractivity contribution in [2.45, 2.75) is 77.2 Å². The third kappa shape index (κ3) is 4.66. The monoisotopic (exact) mass is 523 g/mol. The first kappa shape index (κ1) is 26.9. The van der Waals surface area contributed by atoms with Gasteiger partial charge < -0.3 is 25.0 Å². The van der Waals surface area contributed by atoms with Crippen LogP contribution in [0.3, 0.4) is 0 Å². The van der Waals surface area contributed by atoms with Gasteiger partial charge in [0.2, 0.25) is 17.7 Å². The summed E-state index contributed by atoms with van der Waals surface area (Å²) in [5.41, 5.74) is 0.573. The number of hydrogen-bond acceptors (Lipinski definition) is 5. The van der Waals surface area contributed by atoms with Crippen molar-refractivity contribution in [3.63, 3.8) is 0 Å². The Bertz CT molecular complexity index is 1110. The van der Waals surface area contributed by atoms with Gasteiger partial charge in [0.1, 0.15) is 11.6 Å². The van der Waals surface area contributed by atoms with E-state index in [9.17, 15) is 14.4 Å². The molecule has 206 valence electrons. The number of likely N-dealkylation sites (tertiary alicyclic amines) is 1. The molecule has 8 heteroatoms. The van der Waals surface area contributed by atoms with Gasteiger partial charge in [0.05, 0.1) is 17.9 Å². The number of rotatable bonds is 9. The molecule has 8 nitrogen and oxygen atoms in total. The van der Waals surface area contributed by atoms with Crippen molar-refractivity contribution >= 4 is 23.4 Å². The van der Waals surface area contributed by atoms with Gasteiger partial charge in [-0.3, -0.25) is 14.4 Å². The fourth-order valence-corrected chi connectivity index (χ4v) is 6.98. The Hall–Kier alpha value is -2.71. The molecule has 1 spiro atoms. The molecule has 1 aromatic rings. The fourth-order valence-electron chi connectivity index (χ4n) is 6.98. The Morgan fingerprint density at radius 3 is 2.79 bits per heavy atom. The molecule has 0 aromatic heterocycles. The highest BCUT2D eigenvalue weighted by Gasteiger charge is 2.72. The summed E-state index contributed by atoms with van der Waals surface area (Å²) in [5, 5.41) is 6.29. The SMILES string of the molecule is CCOCCCN1C(=O)[C@H]2[C@H](C(=O)Nc3cccc(C)c3)[C@H]3C=C[C@@]2(O3)[C@@H]1C(=O)N[C@@H]1CCC[C@H](C)[C@H]1C. The number of amides is 3. The van der Waals surface area contributed by atoms with Gasteiger partial charge in [-0.15, -0.1) is 0 Å². The zero-order valence-electron chi connectivity index (χ0n) is 22.9. The Morgan fingerprint density at radius 2 is 2.03 bits per heavy atom. The Kier molecular flexibility index (Phi) is 7.65. The van der Waals surface area contributed by atoms with Crippen molar-refractivity contribution in [1.82, 2.24) is 10.2 Å². The summed E-state index contributed by atoms with van der Waals surface area (Å²) < 4.78 is 12.0. The van der Waals surface area contributed by atoms with Crippen LogP contribution in [0.1, 0.15) is 52.0 Å². The second-order valence-electron chi connectivity index (χ2n) is 11.5. The molecular weight excluding hydrogens is 482 g/mol. The van der Waals surface area contributed by atoms with Gasteiger partial charge in [-0.1, -0.05) is 51.0 Å². The molecule has 38 heavy (non-hydrogen) atoms. The van der Waals surface area contributed by atoms with Crippen molar-refractivity contribution < 1.29 is 23.9 Å². The summed E-state index contributed by atoms with van der Waals surface area (Å²) in [4.78, 5) is 43.2. The lowest BCUT2D eigenvalue weighted by Gasteiger charge is -2.38. The third-order valence-electron chi connectivity index (χ3n) is 9.14. The van der Waals surface area contributed by atoms with Crippen LogP contribution in [0.15, 0.2) is 36.4 Å². The molecule has 1 aliphatic carbocycles. The molecule has 1 saturated carbocycles. The Balaban J connectivity index is 1.41. The largest absolute Gasteiger partial charge is 0.382 e. The van der Waals surface area contributed by atoms with E-state index in [0.717, 1.165) is 24.8 Å². The molecule has 8 atom stereocenters. The molecule has 3 heterocycles. The fraction of sp³-hybridized carbons (Fsp3) is 0.633. The second kappa shape index (κ2) is 10.8. The van der Waals surface area contributed by atoms with Crippen molar-refractivity contribution in [1.29, 1.82) is 0 Å². The molecule has 0 radical (unpaired) electrons. The van der Waals surface area contributed by atoms with Crippen LogP contribution in [0.5, 0.6) is 0 Å². The molecule has 1 aromatic carbocycles. The van der Waals surface area contributed by atoms with E-state index in [1.165, 1.54) is 0 Å². The van der Waals surface area contributed by atoms with Crippen LogP contribution in [0.4, 0.5) is 5.69 Å². The molecular formula is C30H41N3O5. The minimum absolute atomic E-state index is 0.0603. The second-order valence-corrected chi connectivity index (χ2v) is 11.5. The van der Waals surface area contributed by atoms with E-state index in [1.54, 1.807) is 4.90 Å². The van der Waals surface area contributed by atoms with E-state index < -0.39 is 29.6 Å². The van der Waals surface area contributed by atoms with Crippen LogP contribution >= 0.6 is 0 Å². The lowest BCUT2D eigenvalue weighted by molar-refractivity contribution is -0.141. The summed E-state index contributed by atoms with van der Waals surface area (Å²) in [6, 6.07) is 6.83. The molecule has 2 saturated heterocycles. The van der Waals surface area contributed by atoms with Crippen LogP contribution < -0.4 is 10.6 Å². The predicted octanol–water partition coefficient (Wildman–Crippen LogP) is 3.45. The molecule has 3 fully saturated rings. The number of nitrogens with one attached hydrogen (secondary N) is 2. The maximum absolute atomic E-state index is 14.0. The highest BCUT2D eigenvalue weighted by Crippen LogP contribution is 2.55. The van der Waals surface area contributed by atoms with Gasteiger partial charge >= 0.3 is 0 Å². The minimum atomic E-state index is -1.14. The minimum Gasteiger partial charge on any atom is -0.382 e. The number of carbonyl (C=O) groups excluding carboxylic acids is 3. The average Bonchev–Trinajstić information content (AvgIpc) is 3.52. The number of carbonyl (C=O) groups is 3. The summed E-state index contributed by atoms with van der Waals surface area (Å²) >= 11 is 0. The molecule has 2 N–H and O–H groups in total. The van der Waals surface area contributed by atoms with Crippen molar-refractivity contribution in [3.05, 3.63) is 42.0 Å². The van der Waals surface area contributed by atoms with Crippen LogP contribution in [0.25, 0.3) is 0 Å². The summed E-state index contributed by atoms with van der Waals surface area (Å²) in [7, 11) is 0. The predicted molar refractivity (Wildman–Crippen MR) is 144 cm³/mol. The highest BCUT2D eigenvalue weighted by molar-refractivity contribution is 6.02. The summed E-state index contributed by atoms with van der Waals surface area (Å²) in [6.45, 7) is 9.79. The molecule has 3 aliphatic heterocycles. The zero-order valence-corrected chi connectivity index (χ0v) is 22.9. The van der Waals surface area contributed by atoms with E-state index in [2.05, 4.69) is 24.5 Å². The lowest BCUT2D eigenvalue weighted by atomic mass is 9.73. The number of nitrogens with zero attached hydrogens (tertiary/aromatic N) is 1. The van der Waals surface area contributed by atoms with Crippen LogP contribution in [-0.4, -0.2) is 66.2 Å². The number of fused-ring (bicyclic) bond motifs is 1. The number of hydrogen-bond donors (Lipinski definition) is 2. The summed E-state index contributed by atoms with van der Waals surface area (Å²) in [6.07, 6.45) is 6.97. The van der Waals surface area contributed by atoms with E-state index >= 15 is 0 Å². The van der Waals surface area contributed by atoms with Crippen LogP contribution in [0.2, 0.25) is 0 Å². The zero-order chi connectivity index (χ0) is 27.0. The normalized spacial score (nSPS) is 35.4. The molecule has 0 unspecified atom stereocenters. The van der Waals surface area contributed by atoms with Gasteiger partial charge in [-0.2, -0.15) is 0 Å². The van der Waals surface area contributed by atoms with E-state index in [-0.39, 0.29) is 23.8 Å². The summed E-state index contributed by atoms with van der Waals surface area (Å²) in [5.74, 6) is -1.19. The average molecular weight is 524 g/mol. The maximum Gasteiger partial charge on any atom is 0.246 e. The third-order valence-corrected chi connectivity index (χ3v) is 9.14. The van der Waals surface area contributed by atoms with E-state index in [4.69, 9.17) is 9.47 Å². The first-order chi connectivity index (χ1) is 18.3. The van der Waals surface area contributed by atoms with Gasteiger partial charge in [0.15, 0.2) is 0 Å². The standard InChI is InChI=1S/C30H41N3O5/c1-5-37-16-8-15-33-26(28(35)32-22-12-7-10-19(3)20(22)4)30-14-13-23(38-30)24(25(30)29(33)36)27(34)31-21-11-6-9-18(2)17-21/h6,9,11,13-14,17,19-20,22-26H,5,7-8,10,12,15-16H2,1-4H3,(H,31,34)(H,32,35)/t19-,20+,22+,23+,24+,25+,26-,30-/m0/s1. The van der Waals surface area contributed by atoms with Crippen molar-refractivity contribution in [2.24, 2.45) is 23.7 Å². The Morgan fingerprint density at radius 1 is 1.21 bits per heavy atom. The van der Waals surface area contributed by atoms with Gasteiger partial charge in [-0.05, 0) is 56.2 Å². The first-order valence-electron chi connectivity index (χ1n) is 14.2. The van der Waals surface area contributed by atoms with E-state index in [0.29, 0.717) is 43.7 Å². The van der Waals surface area contributed by atoms with Crippen LogP contribution in [0, 0.1) is 30.6 Å². The number of aryl methyl sites for hydroxylation is 1. The van der Waals surface area contributed by atoms with Gasteiger partial charge in [0, 0.05) is 31.5 Å². The Labute approximate surface area is 225 Å². The van der Waals surface area contributed by atoms with Gasteiger partial charge in [-0.25, -0.2) is 0 Å². The van der Waals surface area contributed by atoms with Crippen molar-refractivity contribution in [3.8, 4) is 0 Å². The molecule has 4 aliphatic rings. The topological polar surface area (TPSA) is 97.0 Å². The molecule has 3 amide bonds. The molecule has 2 bridgehead atoms.